The molecular weight excluding hydrogens is 384 g/mol. The average molecular weight is 411 g/mol. The summed E-state index contributed by atoms with van der Waals surface area (Å²) in [6.07, 6.45) is 1.31. The highest BCUT2D eigenvalue weighted by Crippen LogP contribution is 2.30. The van der Waals surface area contributed by atoms with Crippen LogP contribution in [-0.4, -0.2) is 20.0 Å². The quantitative estimate of drug-likeness (QED) is 0.362. The number of aromatic nitrogens is 3. The Balaban J connectivity index is 1.51. The van der Waals surface area contributed by atoms with Crippen molar-refractivity contribution >= 4 is 44.7 Å². The number of hydrogen-bond donors (Lipinski definition) is 1. The summed E-state index contributed by atoms with van der Waals surface area (Å²) in [5.74, 6) is 0.677. The molecule has 0 aliphatic rings. The van der Waals surface area contributed by atoms with Crippen molar-refractivity contribution in [1.82, 2.24) is 14.1 Å². The molecule has 0 atom stereocenters. The predicted octanol–water partition coefficient (Wildman–Crippen LogP) is 6.22. The van der Waals surface area contributed by atoms with Gasteiger partial charge in [0.15, 0.2) is 0 Å². The van der Waals surface area contributed by atoms with Gasteiger partial charge in [0.1, 0.15) is 0 Å². The lowest BCUT2D eigenvalue weighted by atomic mass is 10.1. The fraction of sp³-hybridized carbons (Fsp3) is 0.231. The summed E-state index contributed by atoms with van der Waals surface area (Å²) < 4.78 is 4.07. The van der Waals surface area contributed by atoms with Gasteiger partial charge in [-0.3, -0.25) is 4.79 Å². The fourth-order valence-corrected chi connectivity index (χ4v) is 4.46. The highest BCUT2D eigenvalue weighted by molar-refractivity contribution is 6.08. The van der Waals surface area contributed by atoms with E-state index in [1.165, 1.54) is 21.8 Å². The lowest BCUT2D eigenvalue weighted by molar-refractivity contribution is 0.0909. The number of hydrogen-bond acceptors (Lipinski definition) is 3. The van der Waals surface area contributed by atoms with Crippen LogP contribution in [0.2, 0.25) is 0 Å². The van der Waals surface area contributed by atoms with Crippen molar-refractivity contribution in [3.63, 3.8) is 0 Å². The first-order valence-electron chi connectivity index (χ1n) is 11.0. The number of fused-ring (bicyclic) bond motifs is 4. The Morgan fingerprint density at radius 2 is 1.65 bits per heavy atom. The number of aryl methyl sites for hydroxylation is 1. The third kappa shape index (κ3) is 3.26. The standard InChI is InChI=1S/C26H26N4O/c1-3-9-25(31)30-24-13-8-6-11-21(24)28-26(30)27-17-18-14-15-23-20(16-18)19-10-5-7-12-22(19)29(23)4-2/h5-8,10-16H,3-4,9,17H2,1-2H3,(H,27,28). The molecule has 0 bridgehead atoms. The minimum Gasteiger partial charge on any atom is -0.351 e. The molecule has 156 valence electrons. The molecule has 5 heteroatoms. The maximum atomic E-state index is 12.8. The van der Waals surface area contributed by atoms with Gasteiger partial charge in [-0.05, 0) is 49.2 Å². The summed E-state index contributed by atoms with van der Waals surface area (Å²) >= 11 is 0. The van der Waals surface area contributed by atoms with Crippen molar-refractivity contribution < 1.29 is 4.79 Å². The smallest absolute Gasteiger partial charge is 0.233 e. The third-order valence-corrected chi connectivity index (χ3v) is 5.88. The van der Waals surface area contributed by atoms with Crippen LogP contribution in [-0.2, 0) is 13.1 Å². The molecule has 2 aromatic heterocycles. The number of rotatable bonds is 6. The van der Waals surface area contributed by atoms with Crippen LogP contribution >= 0.6 is 0 Å². The van der Waals surface area contributed by atoms with Gasteiger partial charge in [0.25, 0.3) is 0 Å². The minimum absolute atomic E-state index is 0.0696. The zero-order valence-electron chi connectivity index (χ0n) is 17.9. The van der Waals surface area contributed by atoms with Crippen molar-refractivity contribution in [2.75, 3.05) is 5.32 Å². The highest BCUT2D eigenvalue weighted by atomic mass is 16.2. The van der Waals surface area contributed by atoms with E-state index in [4.69, 9.17) is 0 Å². The molecule has 0 fully saturated rings. The summed E-state index contributed by atoms with van der Waals surface area (Å²) in [5, 5.41) is 5.94. The molecule has 5 aromatic rings. The van der Waals surface area contributed by atoms with Gasteiger partial charge in [0, 0.05) is 41.3 Å². The number of imidazole rings is 1. The fourth-order valence-electron chi connectivity index (χ4n) is 4.46. The number of benzene rings is 3. The lowest BCUT2D eigenvalue weighted by Crippen LogP contribution is -2.14. The number of nitrogens with one attached hydrogen (secondary N) is 1. The second-order valence-corrected chi connectivity index (χ2v) is 7.87. The van der Waals surface area contributed by atoms with Crippen LogP contribution in [0.5, 0.6) is 0 Å². The predicted molar refractivity (Wildman–Crippen MR) is 128 cm³/mol. The maximum Gasteiger partial charge on any atom is 0.233 e. The normalized spacial score (nSPS) is 11.5. The zero-order valence-corrected chi connectivity index (χ0v) is 17.9. The van der Waals surface area contributed by atoms with E-state index in [1.807, 2.05) is 31.2 Å². The van der Waals surface area contributed by atoms with Gasteiger partial charge in [-0.15, -0.1) is 0 Å². The van der Waals surface area contributed by atoms with Gasteiger partial charge in [-0.25, -0.2) is 9.55 Å². The molecule has 0 unspecified atom stereocenters. The van der Waals surface area contributed by atoms with Gasteiger partial charge >= 0.3 is 0 Å². The van der Waals surface area contributed by atoms with E-state index in [0.717, 1.165) is 29.6 Å². The zero-order chi connectivity index (χ0) is 21.4. The first-order valence-corrected chi connectivity index (χ1v) is 11.0. The Labute approximate surface area is 181 Å². The van der Waals surface area contributed by atoms with E-state index >= 15 is 0 Å². The van der Waals surface area contributed by atoms with Gasteiger partial charge in [-0.2, -0.15) is 0 Å². The van der Waals surface area contributed by atoms with Gasteiger partial charge in [0.05, 0.1) is 11.0 Å². The van der Waals surface area contributed by atoms with Crippen molar-refractivity contribution in [2.45, 2.75) is 39.8 Å². The second kappa shape index (κ2) is 7.91. The molecule has 31 heavy (non-hydrogen) atoms. The Bertz CT molecular complexity index is 1410. The first kappa shape index (κ1) is 19.4. The largest absolute Gasteiger partial charge is 0.351 e. The van der Waals surface area contributed by atoms with Crippen molar-refractivity contribution in [1.29, 1.82) is 0 Å². The van der Waals surface area contributed by atoms with Crippen LogP contribution in [0.3, 0.4) is 0 Å². The minimum atomic E-state index is 0.0696. The summed E-state index contributed by atoms with van der Waals surface area (Å²) in [6, 6.07) is 22.9. The summed E-state index contributed by atoms with van der Waals surface area (Å²) in [6.45, 7) is 5.74. The number of carbonyl (C=O) groups is 1. The maximum absolute atomic E-state index is 12.8. The van der Waals surface area contributed by atoms with E-state index in [1.54, 1.807) is 4.57 Å². The monoisotopic (exact) mass is 410 g/mol. The van der Waals surface area contributed by atoms with Crippen LogP contribution in [0.4, 0.5) is 5.95 Å². The average Bonchev–Trinajstić information content (AvgIpc) is 3.33. The molecule has 0 saturated carbocycles. The number of carbonyl (C=O) groups excluding carboxylic acids is 1. The highest BCUT2D eigenvalue weighted by Gasteiger charge is 2.16. The second-order valence-electron chi connectivity index (χ2n) is 7.87. The molecule has 2 heterocycles. The molecule has 5 rings (SSSR count). The molecule has 3 aromatic carbocycles. The van der Waals surface area contributed by atoms with Crippen molar-refractivity contribution in [3.05, 3.63) is 72.3 Å². The molecule has 0 aliphatic carbocycles. The molecule has 0 amide bonds. The number of para-hydroxylation sites is 3. The molecule has 0 aliphatic heterocycles. The molecule has 5 nitrogen and oxygen atoms in total. The third-order valence-electron chi connectivity index (χ3n) is 5.88. The van der Waals surface area contributed by atoms with E-state index in [-0.39, 0.29) is 5.91 Å². The Morgan fingerprint density at radius 1 is 0.903 bits per heavy atom. The molecule has 0 radical (unpaired) electrons. The van der Waals surface area contributed by atoms with E-state index < -0.39 is 0 Å². The van der Waals surface area contributed by atoms with Crippen molar-refractivity contribution in [3.8, 4) is 0 Å². The van der Waals surface area contributed by atoms with Crippen LogP contribution in [0.15, 0.2) is 66.7 Å². The summed E-state index contributed by atoms with van der Waals surface area (Å²) in [5.41, 5.74) is 5.35. The van der Waals surface area contributed by atoms with E-state index in [9.17, 15) is 4.79 Å². The Morgan fingerprint density at radius 3 is 2.45 bits per heavy atom. The van der Waals surface area contributed by atoms with Crippen LogP contribution in [0, 0.1) is 0 Å². The number of nitrogens with zero attached hydrogens (tertiary/aromatic N) is 3. The first-order chi connectivity index (χ1) is 15.2. The summed E-state index contributed by atoms with van der Waals surface area (Å²) in [4.78, 5) is 17.5. The van der Waals surface area contributed by atoms with Gasteiger partial charge in [-0.1, -0.05) is 43.3 Å². The Kier molecular flexibility index (Phi) is 4.94. The van der Waals surface area contributed by atoms with Crippen LogP contribution in [0.25, 0.3) is 32.8 Å². The molecule has 0 spiro atoms. The van der Waals surface area contributed by atoms with Gasteiger partial charge in [0.2, 0.25) is 11.9 Å². The molecule has 1 N–H and O–H groups in total. The van der Waals surface area contributed by atoms with Gasteiger partial charge < -0.3 is 9.88 Å². The van der Waals surface area contributed by atoms with E-state index in [2.05, 4.69) is 64.3 Å². The van der Waals surface area contributed by atoms with Crippen molar-refractivity contribution in [2.24, 2.45) is 0 Å². The Hall–Kier alpha value is -3.60. The number of anilines is 1. The van der Waals surface area contributed by atoms with Crippen LogP contribution < -0.4 is 5.32 Å². The SMILES string of the molecule is CCCC(=O)n1c(NCc2ccc3c(c2)c2ccccc2n3CC)nc2ccccc21. The van der Waals surface area contributed by atoms with E-state index in [0.29, 0.717) is 18.9 Å². The molecule has 0 saturated heterocycles. The topological polar surface area (TPSA) is 51.9 Å². The molecular formula is C26H26N4O. The van der Waals surface area contributed by atoms with Crippen LogP contribution in [0.1, 0.15) is 37.0 Å². The summed E-state index contributed by atoms with van der Waals surface area (Å²) in [7, 11) is 0. The lowest BCUT2D eigenvalue weighted by Gasteiger charge is -2.10.